The first-order valence-corrected chi connectivity index (χ1v) is 12.6. The number of nitrogens with zero attached hydrogens (tertiary/aromatic N) is 4. The minimum atomic E-state index is -0.243. The molecule has 0 aliphatic rings. The van der Waals surface area contributed by atoms with Crippen LogP contribution in [0.2, 0.25) is 0 Å². The third-order valence-corrected chi connectivity index (χ3v) is 6.92. The van der Waals surface area contributed by atoms with Crippen molar-refractivity contribution >= 4 is 40.0 Å². The van der Waals surface area contributed by atoms with Crippen LogP contribution >= 0.6 is 23.1 Å². The van der Waals surface area contributed by atoms with Gasteiger partial charge in [-0.05, 0) is 30.3 Å². The minimum Gasteiger partial charge on any atom is -0.493 e. The number of hydrogen-bond acceptors (Lipinski definition) is 11. The topological polar surface area (TPSA) is 160 Å². The Labute approximate surface area is 220 Å². The molecule has 12 heteroatoms. The van der Waals surface area contributed by atoms with Crippen LogP contribution < -0.4 is 20.5 Å². The Morgan fingerprint density at radius 3 is 2.62 bits per heavy atom. The van der Waals surface area contributed by atoms with Crippen molar-refractivity contribution in [3.8, 4) is 46.2 Å². The number of methoxy groups -OCH3 is 2. The molecule has 0 fully saturated rings. The van der Waals surface area contributed by atoms with Crippen molar-refractivity contribution in [2.24, 2.45) is 0 Å². The number of nitrogen functional groups attached to an aromatic ring is 1. The van der Waals surface area contributed by atoms with Crippen molar-refractivity contribution in [3.63, 3.8) is 0 Å². The smallest absolute Gasteiger partial charge is 0.226 e. The van der Waals surface area contributed by atoms with Gasteiger partial charge in [-0.15, -0.1) is 23.1 Å². The normalized spacial score (nSPS) is 10.4. The molecule has 0 spiro atoms. The first kappa shape index (κ1) is 25.6. The lowest BCUT2D eigenvalue weighted by Gasteiger charge is -2.11. The number of rotatable bonds is 9. The second-order valence-electron chi connectivity index (χ2n) is 7.38. The molecule has 0 saturated carbocycles. The SMILES string of the molecule is COc1ccc(-c2csc(NC(=O)CCSc3nc(N)c(C#N)c(-c4ccco4)c3C#N)n2)cc1OC. The number of furan rings is 1. The molecule has 3 aromatic heterocycles. The summed E-state index contributed by atoms with van der Waals surface area (Å²) in [5, 5.41) is 24.7. The lowest BCUT2D eigenvalue weighted by atomic mass is 10.0. The van der Waals surface area contributed by atoms with Gasteiger partial charge in [0.1, 0.15) is 34.3 Å². The molecule has 1 aromatic carbocycles. The van der Waals surface area contributed by atoms with E-state index < -0.39 is 0 Å². The predicted molar refractivity (Wildman–Crippen MR) is 140 cm³/mol. The van der Waals surface area contributed by atoms with E-state index in [1.807, 2.05) is 23.6 Å². The first-order valence-electron chi connectivity index (χ1n) is 10.8. The fourth-order valence-corrected chi connectivity index (χ4v) is 5.12. The highest BCUT2D eigenvalue weighted by Crippen LogP contribution is 2.36. The van der Waals surface area contributed by atoms with Crippen molar-refractivity contribution in [1.82, 2.24) is 9.97 Å². The van der Waals surface area contributed by atoms with Crippen molar-refractivity contribution < 1.29 is 18.7 Å². The maximum absolute atomic E-state index is 12.5. The third kappa shape index (κ3) is 5.51. The zero-order valence-corrected chi connectivity index (χ0v) is 21.4. The first-order chi connectivity index (χ1) is 18.0. The molecule has 0 aliphatic heterocycles. The standard InChI is InChI=1S/C25H20N6O4S2/c1-33-18-6-5-14(10-20(18)34-2)17-13-37-25(29-17)30-21(32)7-9-36-24-16(12-27)22(19-4-3-8-35-19)15(11-26)23(28)31-24/h3-6,8,10,13H,7,9H2,1-2H3,(H2,28,31)(H,29,30,32). The van der Waals surface area contributed by atoms with Crippen LogP contribution in [0.3, 0.4) is 0 Å². The van der Waals surface area contributed by atoms with Gasteiger partial charge < -0.3 is 24.9 Å². The summed E-state index contributed by atoms with van der Waals surface area (Å²) >= 11 is 2.50. The number of ether oxygens (including phenoxy) is 2. The maximum Gasteiger partial charge on any atom is 0.226 e. The van der Waals surface area contributed by atoms with Gasteiger partial charge in [0.15, 0.2) is 16.6 Å². The molecule has 4 aromatic rings. The maximum atomic E-state index is 12.5. The van der Waals surface area contributed by atoms with Gasteiger partial charge in [-0.3, -0.25) is 4.79 Å². The zero-order valence-electron chi connectivity index (χ0n) is 19.8. The highest BCUT2D eigenvalue weighted by atomic mass is 32.2. The summed E-state index contributed by atoms with van der Waals surface area (Å²) in [4.78, 5) is 21.3. The summed E-state index contributed by atoms with van der Waals surface area (Å²) in [6.45, 7) is 0. The summed E-state index contributed by atoms with van der Waals surface area (Å²) in [6, 6.07) is 12.8. The van der Waals surface area contributed by atoms with Crippen LogP contribution in [-0.2, 0) is 4.79 Å². The monoisotopic (exact) mass is 532 g/mol. The van der Waals surface area contributed by atoms with Crippen LogP contribution in [0, 0.1) is 22.7 Å². The molecular formula is C25H20N6O4S2. The van der Waals surface area contributed by atoms with Crippen molar-refractivity contribution in [2.75, 3.05) is 31.0 Å². The number of benzene rings is 1. The van der Waals surface area contributed by atoms with Crippen molar-refractivity contribution in [3.05, 3.63) is 53.1 Å². The number of pyridine rings is 1. The van der Waals surface area contributed by atoms with Gasteiger partial charge in [0.25, 0.3) is 0 Å². The zero-order chi connectivity index (χ0) is 26.4. The Bertz CT molecular complexity index is 1520. The van der Waals surface area contributed by atoms with Gasteiger partial charge in [0, 0.05) is 23.1 Å². The lowest BCUT2D eigenvalue weighted by molar-refractivity contribution is -0.115. The highest BCUT2D eigenvalue weighted by Gasteiger charge is 2.22. The van der Waals surface area contributed by atoms with Crippen molar-refractivity contribution in [2.45, 2.75) is 11.4 Å². The van der Waals surface area contributed by atoms with Crippen LogP contribution in [0.1, 0.15) is 17.5 Å². The Morgan fingerprint density at radius 1 is 1.16 bits per heavy atom. The van der Waals surface area contributed by atoms with Gasteiger partial charge in [0.05, 0.1) is 37.3 Å². The summed E-state index contributed by atoms with van der Waals surface area (Å²) in [5.41, 5.74) is 8.03. The molecule has 3 N–H and O–H groups in total. The van der Waals surface area contributed by atoms with Gasteiger partial charge in [-0.1, -0.05) is 0 Å². The molecule has 0 radical (unpaired) electrons. The van der Waals surface area contributed by atoms with E-state index in [0.717, 1.165) is 5.56 Å². The Kier molecular flexibility index (Phi) is 7.93. The molecule has 186 valence electrons. The molecule has 0 atom stereocenters. The number of nitrogens with two attached hydrogens (primary N) is 1. The van der Waals surface area contributed by atoms with Crippen LogP contribution in [0.5, 0.6) is 11.5 Å². The van der Waals surface area contributed by atoms with E-state index in [9.17, 15) is 15.3 Å². The highest BCUT2D eigenvalue weighted by molar-refractivity contribution is 7.99. The number of aromatic nitrogens is 2. The van der Waals surface area contributed by atoms with E-state index in [1.54, 1.807) is 32.4 Å². The average molecular weight is 533 g/mol. The molecule has 0 bridgehead atoms. The molecule has 37 heavy (non-hydrogen) atoms. The number of carbonyl (C=O) groups is 1. The number of carbonyl (C=O) groups excluding carboxylic acids is 1. The van der Waals surface area contributed by atoms with E-state index in [-0.39, 0.29) is 29.3 Å². The predicted octanol–water partition coefficient (Wildman–Crippen LogP) is 4.93. The quantitative estimate of drug-likeness (QED) is 0.283. The summed E-state index contributed by atoms with van der Waals surface area (Å²) < 4.78 is 16.0. The van der Waals surface area contributed by atoms with E-state index in [2.05, 4.69) is 21.4 Å². The Morgan fingerprint density at radius 2 is 1.95 bits per heavy atom. The van der Waals surface area contributed by atoms with Gasteiger partial charge in [-0.2, -0.15) is 10.5 Å². The van der Waals surface area contributed by atoms with E-state index in [1.165, 1.54) is 29.4 Å². The second-order valence-corrected chi connectivity index (χ2v) is 9.32. The molecule has 1 amide bonds. The number of amides is 1. The fraction of sp³-hybridized carbons (Fsp3) is 0.160. The third-order valence-electron chi connectivity index (χ3n) is 5.18. The Hall–Kier alpha value is -4.52. The van der Waals surface area contributed by atoms with Crippen molar-refractivity contribution in [1.29, 1.82) is 10.5 Å². The minimum absolute atomic E-state index is 0.00895. The summed E-state index contributed by atoms with van der Waals surface area (Å²) in [6.07, 6.45) is 1.58. The molecule has 4 rings (SSSR count). The molecular weight excluding hydrogens is 512 g/mol. The molecule has 0 saturated heterocycles. The molecule has 10 nitrogen and oxygen atoms in total. The number of thioether (sulfide) groups is 1. The van der Waals surface area contributed by atoms with Gasteiger partial charge >= 0.3 is 0 Å². The average Bonchev–Trinajstić information content (AvgIpc) is 3.60. The van der Waals surface area contributed by atoms with Crippen LogP contribution in [-0.4, -0.2) is 35.8 Å². The number of nitriles is 2. The number of thiazole rings is 1. The van der Waals surface area contributed by atoms with Gasteiger partial charge in [-0.25, -0.2) is 9.97 Å². The van der Waals surface area contributed by atoms with E-state index >= 15 is 0 Å². The largest absolute Gasteiger partial charge is 0.493 e. The van der Waals surface area contributed by atoms with Crippen LogP contribution in [0.15, 0.2) is 51.4 Å². The summed E-state index contributed by atoms with van der Waals surface area (Å²) in [7, 11) is 3.13. The summed E-state index contributed by atoms with van der Waals surface area (Å²) in [5.74, 6) is 1.61. The number of anilines is 2. The lowest BCUT2D eigenvalue weighted by Crippen LogP contribution is -2.12. The number of nitrogens with one attached hydrogen (secondary N) is 1. The fourth-order valence-electron chi connectivity index (χ4n) is 3.45. The number of hydrogen-bond donors (Lipinski definition) is 2. The molecule has 0 aliphatic carbocycles. The van der Waals surface area contributed by atoms with Gasteiger partial charge in [0.2, 0.25) is 5.91 Å². The second kappa shape index (κ2) is 11.5. The Balaban J connectivity index is 1.42. The van der Waals surface area contributed by atoms with E-state index in [4.69, 9.17) is 19.6 Å². The van der Waals surface area contributed by atoms with Crippen LogP contribution in [0.25, 0.3) is 22.6 Å². The molecule has 3 heterocycles. The molecule has 0 unspecified atom stereocenters. The van der Waals surface area contributed by atoms with E-state index in [0.29, 0.717) is 44.4 Å². The van der Waals surface area contributed by atoms with Crippen LogP contribution in [0.4, 0.5) is 10.9 Å².